The highest BCUT2D eigenvalue weighted by atomic mass is 32.2. The molecule has 4 aromatic rings. The Bertz CT molecular complexity index is 1320. The molecule has 0 N–H and O–H groups in total. The molecule has 0 aliphatic heterocycles. The summed E-state index contributed by atoms with van der Waals surface area (Å²) in [5.41, 5.74) is 0.365. The van der Waals surface area contributed by atoms with Crippen molar-refractivity contribution in [1.82, 2.24) is 38.9 Å². The SMILES string of the molecule is CSc1nnnn1-c1cccc(Oc2nc3c(c(=O)n(C)c(=O)n3C)n2C)c1. The quantitative estimate of drug-likeness (QED) is 0.454. The van der Waals surface area contributed by atoms with E-state index in [-0.39, 0.29) is 17.2 Å². The van der Waals surface area contributed by atoms with Crippen LogP contribution in [0.5, 0.6) is 11.8 Å². The minimum Gasteiger partial charge on any atom is -0.425 e. The molecule has 0 saturated heterocycles. The molecule has 11 nitrogen and oxygen atoms in total. The fourth-order valence-corrected chi connectivity index (χ4v) is 3.28. The second-order valence-corrected chi connectivity index (χ2v) is 6.78. The first-order valence-corrected chi connectivity index (χ1v) is 9.38. The maximum Gasteiger partial charge on any atom is 0.332 e. The van der Waals surface area contributed by atoms with Crippen molar-refractivity contribution in [2.45, 2.75) is 5.16 Å². The van der Waals surface area contributed by atoms with Crippen molar-refractivity contribution in [2.75, 3.05) is 6.26 Å². The van der Waals surface area contributed by atoms with Gasteiger partial charge in [-0.1, -0.05) is 17.8 Å². The Morgan fingerprint density at radius 3 is 2.61 bits per heavy atom. The van der Waals surface area contributed by atoms with Gasteiger partial charge in [0.25, 0.3) is 5.56 Å². The van der Waals surface area contributed by atoms with Crippen molar-refractivity contribution in [3.63, 3.8) is 0 Å². The van der Waals surface area contributed by atoms with Crippen LogP contribution in [0.25, 0.3) is 16.9 Å². The predicted molar refractivity (Wildman–Crippen MR) is 102 cm³/mol. The van der Waals surface area contributed by atoms with Crippen molar-refractivity contribution >= 4 is 22.9 Å². The first-order chi connectivity index (χ1) is 13.4. The maximum atomic E-state index is 12.5. The molecular formula is C16H16N8O3S. The number of hydrogen-bond donors (Lipinski definition) is 0. The van der Waals surface area contributed by atoms with E-state index in [1.165, 1.54) is 27.9 Å². The number of nitrogens with zero attached hydrogens (tertiary/aromatic N) is 8. The average Bonchev–Trinajstić information content (AvgIpc) is 3.30. The van der Waals surface area contributed by atoms with Crippen LogP contribution in [0.1, 0.15) is 0 Å². The monoisotopic (exact) mass is 400 g/mol. The van der Waals surface area contributed by atoms with Gasteiger partial charge in [0.2, 0.25) is 5.16 Å². The van der Waals surface area contributed by atoms with Gasteiger partial charge < -0.3 is 4.74 Å². The zero-order chi connectivity index (χ0) is 20.0. The highest BCUT2D eigenvalue weighted by Crippen LogP contribution is 2.25. The van der Waals surface area contributed by atoms with E-state index in [1.54, 1.807) is 37.0 Å². The average molecular weight is 400 g/mol. The number of rotatable bonds is 4. The molecule has 0 spiro atoms. The van der Waals surface area contributed by atoms with Crippen LogP contribution in [0.2, 0.25) is 0 Å². The van der Waals surface area contributed by atoms with Crippen molar-refractivity contribution in [3.05, 3.63) is 45.1 Å². The molecule has 12 heteroatoms. The number of benzene rings is 1. The molecule has 0 fully saturated rings. The molecule has 4 rings (SSSR count). The minimum atomic E-state index is -0.451. The molecule has 144 valence electrons. The molecule has 3 aromatic heterocycles. The Hall–Kier alpha value is -3.41. The van der Waals surface area contributed by atoms with Gasteiger partial charge in [0.05, 0.1) is 5.69 Å². The van der Waals surface area contributed by atoms with Gasteiger partial charge in [-0.2, -0.15) is 9.67 Å². The zero-order valence-electron chi connectivity index (χ0n) is 15.5. The molecule has 3 heterocycles. The summed E-state index contributed by atoms with van der Waals surface area (Å²) in [6.45, 7) is 0. The lowest BCUT2D eigenvalue weighted by atomic mass is 10.3. The highest BCUT2D eigenvalue weighted by molar-refractivity contribution is 7.98. The lowest BCUT2D eigenvalue weighted by molar-refractivity contribution is 0.427. The summed E-state index contributed by atoms with van der Waals surface area (Å²) in [6.07, 6.45) is 1.88. The Balaban J connectivity index is 1.79. The number of ether oxygens (including phenoxy) is 1. The first-order valence-electron chi connectivity index (χ1n) is 8.15. The predicted octanol–water partition coefficient (Wildman–Crippen LogP) is 0.461. The van der Waals surface area contributed by atoms with E-state index in [2.05, 4.69) is 20.5 Å². The van der Waals surface area contributed by atoms with Crippen LogP contribution in [0, 0.1) is 0 Å². The van der Waals surface area contributed by atoms with Gasteiger partial charge in [0.15, 0.2) is 11.2 Å². The second kappa shape index (κ2) is 6.64. The van der Waals surface area contributed by atoms with Crippen LogP contribution < -0.4 is 16.0 Å². The van der Waals surface area contributed by atoms with Gasteiger partial charge in [-0.15, -0.1) is 5.10 Å². The number of thioether (sulfide) groups is 1. The van der Waals surface area contributed by atoms with Gasteiger partial charge in [-0.05, 0) is 28.8 Å². The number of fused-ring (bicyclic) bond motifs is 1. The Morgan fingerprint density at radius 1 is 1.07 bits per heavy atom. The molecule has 0 radical (unpaired) electrons. The lowest BCUT2D eigenvalue weighted by Crippen LogP contribution is -2.37. The molecule has 0 bridgehead atoms. The zero-order valence-corrected chi connectivity index (χ0v) is 16.3. The van der Waals surface area contributed by atoms with E-state index >= 15 is 0 Å². The van der Waals surface area contributed by atoms with Crippen LogP contribution in [-0.2, 0) is 21.1 Å². The van der Waals surface area contributed by atoms with E-state index in [0.29, 0.717) is 16.6 Å². The molecular weight excluding hydrogens is 384 g/mol. The first kappa shape index (κ1) is 18.0. The van der Waals surface area contributed by atoms with E-state index in [4.69, 9.17) is 4.74 Å². The van der Waals surface area contributed by atoms with Crippen molar-refractivity contribution < 1.29 is 4.74 Å². The van der Waals surface area contributed by atoms with Crippen LogP contribution in [0.4, 0.5) is 0 Å². The van der Waals surface area contributed by atoms with Crippen molar-refractivity contribution in [1.29, 1.82) is 0 Å². The summed E-state index contributed by atoms with van der Waals surface area (Å²) in [5.74, 6) is 0.486. The molecule has 0 saturated carbocycles. The topological polar surface area (TPSA) is 115 Å². The third-order valence-corrected chi connectivity index (χ3v) is 4.95. The van der Waals surface area contributed by atoms with Gasteiger partial charge in [-0.25, -0.2) is 4.79 Å². The number of hydrogen-bond acceptors (Lipinski definition) is 8. The van der Waals surface area contributed by atoms with E-state index in [1.807, 2.05) is 12.3 Å². The molecule has 28 heavy (non-hydrogen) atoms. The summed E-state index contributed by atoms with van der Waals surface area (Å²) in [5, 5.41) is 12.2. The number of aryl methyl sites for hydroxylation is 2. The lowest BCUT2D eigenvalue weighted by Gasteiger charge is -2.07. The van der Waals surface area contributed by atoms with E-state index < -0.39 is 11.2 Å². The summed E-state index contributed by atoms with van der Waals surface area (Å²) in [6, 6.07) is 7.34. The highest BCUT2D eigenvalue weighted by Gasteiger charge is 2.18. The summed E-state index contributed by atoms with van der Waals surface area (Å²) < 4.78 is 11.4. The van der Waals surface area contributed by atoms with Gasteiger partial charge in [-0.3, -0.25) is 18.5 Å². The second-order valence-electron chi connectivity index (χ2n) is 6.01. The van der Waals surface area contributed by atoms with Gasteiger partial charge >= 0.3 is 11.7 Å². The van der Waals surface area contributed by atoms with Gasteiger partial charge in [0, 0.05) is 27.2 Å². The largest absolute Gasteiger partial charge is 0.425 e. The molecule has 0 atom stereocenters. The third-order valence-electron chi connectivity index (χ3n) is 4.33. The van der Waals surface area contributed by atoms with Crippen LogP contribution >= 0.6 is 11.8 Å². The fourth-order valence-electron chi connectivity index (χ4n) is 2.84. The van der Waals surface area contributed by atoms with Crippen LogP contribution in [0.3, 0.4) is 0 Å². The number of aromatic nitrogens is 8. The summed E-state index contributed by atoms with van der Waals surface area (Å²) >= 11 is 1.42. The Labute approximate surface area is 162 Å². The number of tetrazole rings is 1. The van der Waals surface area contributed by atoms with Crippen LogP contribution in [0.15, 0.2) is 39.0 Å². The smallest absolute Gasteiger partial charge is 0.332 e. The molecule has 1 aromatic carbocycles. The normalized spacial score (nSPS) is 11.3. The van der Waals surface area contributed by atoms with E-state index in [9.17, 15) is 9.59 Å². The Kier molecular flexibility index (Phi) is 4.26. The minimum absolute atomic E-state index is 0.187. The third kappa shape index (κ3) is 2.69. The molecule has 0 unspecified atom stereocenters. The van der Waals surface area contributed by atoms with Crippen molar-refractivity contribution in [2.24, 2.45) is 21.1 Å². The molecule has 0 aliphatic rings. The van der Waals surface area contributed by atoms with Gasteiger partial charge in [0.1, 0.15) is 5.75 Å². The van der Waals surface area contributed by atoms with E-state index in [0.717, 1.165) is 4.57 Å². The summed E-state index contributed by atoms with van der Waals surface area (Å²) in [7, 11) is 4.65. The Morgan fingerprint density at radius 2 is 1.86 bits per heavy atom. The fraction of sp³-hybridized carbons (Fsp3) is 0.250. The number of imidazole rings is 1. The molecule has 0 aliphatic carbocycles. The van der Waals surface area contributed by atoms with Crippen LogP contribution in [-0.4, -0.2) is 45.1 Å². The van der Waals surface area contributed by atoms with Crippen molar-refractivity contribution in [3.8, 4) is 17.4 Å². The standard InChI is InChI=1S/C16H16N8O3S/c1-21-11-12(22(2)16(26)23(3)13(11)25)17-14(21)27-10-7-5-6-9(8-10)24-15(28-4)18-19-20-24/h5-8H,1-4H3. The maximum absolute atomic E-state index is 12.5. The summed E-state index contributed by atoms with van der Waals surface area (Å²) in [4.78, 5) is 28.9. The molecule has 0 amide bonds.